The third-order valence-corrected chi connectivity index (χ3v) is 6.15. The number of phenols is 1. The Morgan fingerprint density at radius 1 is 1.03 bits per heavy atom. The second-order valence-electron chi connectivity index (χ2n) is 8.44. The molecular weight excluding hydrogens is 426 g/mol. The minimum atomic E-state index is -0.343. The lowest BCUT2D eigenvalue weighted by Gasteiger charge is -2.27. The zero-order chi connectivity index (χ0) is 23.5. The van der Waals surface area contributed by atoms with E-state index in [1.165, 1.54) is 5.56 Å². The summed E-state index contributed by atoms with van der Waals surface area (Å²) in [6.45, 7) is 3.25. The Balaban J connectivity index is 1.58. The number of phenolic OH excluding ortho intramolecular Hbond substituents is 1. The second-order valence-corrected chi connectivity index (χ2v) is 8.44. The molecule has 3 aromatic carbocycles. The van der Waals surface area contributed by atoms with Gasteiger partial charge in [0.25, 0.3) is 5.91 Å². The fraction of sp³-hybridized carbons (Fsp3) is 0.214. The summed E-state index contributed by atoms with van der Waals surface area (Å²) >= 11 is 0. The van der Waals surface area contributed by atoms with Crippen LogP contribution in [-0.2, 0) is 6.42 Å². The number of aromatic nitrogens is 2. The minimum absolute atomic E-state index is 0.0926. The van der Waals surface area contributed by atoms with E-state index in [0.29, 0.717) is 30.1 Å². The third-order valence-electron chi connectivity index (χ3n) is 6.15. The van der Waals surface area contributed by atoms with Crippen LogP contribution in [0.15, 0.2) is 78.9 Å². The van der Waals surface area contributed by atoms with E-state index in [1.54, 1.807) is 12.1 Å². The molecule has 0 saturated carbocycles. The molecule has 172 valence electrons. The first-order valence-electron chi connectivity index (χ1n) is 11.6. The summed E-state index contributed by atoms with van der Waals surface area (Å²) in [5, 5.41) is 17.9. The topological polar surface area (TPSA) is 78.5 Å². The Labute approximate surface area is 198 Å². The van der Waals surface area contributed by atoms with E-state index in [0.717, 1.165) is 29.7 Å². The zero-order valence-corrected chi connectivity index (χ0v) is 19.1. The number of nitrogens with one attached hydrogen (secondary N) is 1. The molecule has 0 fully saturated rings. The van der Waals surface area contributed by atoms with Gasteiger partial charge in [-0.2, -0.15) is 5.10 Å². The summed E-state index contributed by atoms with van der Waals surface area (Å²) in [5.41, 5.74) is 4.56. The summed E-state index contributed by atoms with van der Waals surface area (Å²) in [6.07, 6.45) is 1.65. The van der Waals surface area contributed by atoms with Crippen molar-refractivity contribution in [1.82, 2.24) is 15.1 Å². The predicted octanol–water partition coefficient (Wildman–Crippen LogP) is 5.36. The molecule has 1 aliphatic rings. The maximum Gasteiger partial charge on any atom is 0.273 e. The number of carbonyl (C=O) groups excluding carboxylic acids is 1. The van der Waals surface area contributed by atoms with E-state index in [2.05, 4.69) is 29.3 Å². The smallest absolute Gasteiger partial charge is 0.273 e. The average Bonchev–Trinajstić information content (AvgIpc) is 3.41. The number of H-pyrrole nitrogens is 1. The van der Waals surface area contributed by atoms with Crippen LogP contribution in [0.25, 0.3) is 11.3 Å². The van der Waals surface area contributed by atoms with E-state index in [1.807, 2.05) is 59.5 Å². The molecule has 5 rings (SSSR count). The standard InChI is InChI=1S/C28H27N3O3/c1-2-17-34-21-12-8-11-20(18-21)27-24-25(22-13-6-7-14-23(22)32)29-30-26(24)28(33)31(27)16-15-19-9-4-3-5-10-19/h3-14,18,27,32H,2,15-17H2,1H3,(H,29,30)/t27-/m0/s1. The molecule has 1 atom stereocenters. The van der Waals surface area contributed by atoms with Crippen molar-refractivity contribution in [1.29, 1.82) is 0 Å². The number of aromatic hydroxyl groups is 1. The van der Waals surface area contributed by atoms with Crippen molar-refractivity contribution in [2.75, 3.05) is 13.2 Å². The average molecular weight is 454 g/mol. The maximum absolute atomic E-state index is 13.5. The molecule has 0 spiro atoms. The van der Waals surface area contributed by atoms with Crippen molar-refractivity contribution in [2.45, 2.75) is 25.8 Å². The van der Waals surface area contributed by atoms with Gasteiger partial charge in [0.05, 0.1) is 12.6 Å². The Morgan fingerprint density at radius 3 is 2.62 bits per heavy atom. The summed E-state index contributed by atoms with van der Waals surface area (Å²) < 4.78 is 5.88. The highest BCUT2D eigenvalue weighted by Gasteiger charge is 2.42. The highest BCUT2D eigenvalue weighted by atomic mass is 16.5. The van der Waals surface area contributed by atoms with Gasteiger partial charge in [-0.05, 0) is 48.2 Å². The molecular formula is C28H27N3O3. The number of rotatable bonds is 8. The number of benzene rings is 3. The van der Waals surface area contributed by atoms with Crippen molar-refractivity contribution in [3.8, 4) is 22.8 Å². The summed E-state index contributed by atoms with van der Waals surface area (Å²) in [5.74, 6) is 0.812. The van der Waals surface area contributed by atoms with Crippen LogP contribution in [0.5, 0.6) is 11.5 Å². The Morgan fingerprint density at radius 2 is 1.82 bits per heavy atom. The van der Waals surface area contributed by atoms with Gasteiger partial charge in [0.1, 0.15) is 22.9 Å². The van der Waals surface area contributed by atoms with Crippen molar-refractivity contribution in [3.05, 3.63) is 101 Å². The van der Waals surface area contributed by atoms with Gasteiger partial charge >= 0.3 is 0 Å². The van der Waals surface area contributed by atoms with Crippen LogP contribution in [0.2, 0.25) is 0 Å². The fourth-order valence-corrected chi connectivity index (χ4v) is 4.54. The first-order valence-corrected chi connectivity index (χ1v) is 11.6. The molecule has 1 aromatic heterocycles. The normalized spacial score (nSPS) is 14.9. The van der Waals surface area contributed by atoms with E-state index >= 15 is 0 Å². The van der Waals surface area contributed by atoms with Gasteiger partial charge in [-0.1, -0.05) is 61.5 Å². The van der Waals surface area contributed by atoms with Gasteiger partial charge in [-0.15, -0.1) is 0 Å². The van der Waals surface area contributed by atoms with Gasteiger partial charge in [-0.3, -0.25) is 9.89 Å². The number of hydrogen-bond acceptors (Lipinski definition) is 4. The molecule has 0 saturated heterocycles. The Bertz CT molecular complexity index is 1300. The van der Waals surface area contributed by atoms with Crippen LogP contribution in [0.4, 0.5) is 0 Å². The highest BCUT2D eigenvalue weighted by molar-refractivity contribution is 6.00. The quantitative estimate of drug-likeness (QED) is 0.377. The monoisotopic (exact) mass is 453 g/mol. The second kappa shape index (κ2) is 9.43. The van der Waals surface area contributed by atoms with Crippen LogP contribution in [0.1, 0.15) is 46.6 Å². The number of ether oxygens (including phenoxy) is 1. The Hall–Kier alpha value is -4.06. The molecule has 6 heteroatoms. The van der Waals surface area contributed by atoms with Gasteiger partial charge < -0.3 is 14.7 Å². The fourth-order valence-electron chi connectivity index (χ4n) is 4.54. The molecule has 34 heavy (non-hydrogen) atoms. The number of nitrogens with zero attached hydrogens (tertiary/aromatic N) is 2. The van der Waals surface area contributed by atoms with Crippen LogP contribution in [-0.4, -0.2) is 39.3 Å². The number of hydrogen-bond donors (Lipinski definition) is 2. The van der Waals surface area contributed by atoms with Crippen molar-refractivity contribution in [2.24, 2.45) is 0 Å². The number of aromatic amines is 1. The van der Waals surface area contributed by atoms with Crippen LogP contribution in [0.3, 0.4) is 0 Å². The maximum atomic E-state index is 13.5. The van der Waals surface area contributed by atoms with Gasteiger partial charge in [0.2, 0.25) is 0 Å². The van der Waals surface area contributed by atoms with E-state index in [-0.39, 0.29) is 17.7 Å². The third kappa shape index (κ3) is 4.03. The SMILES string of the molecule is CCCOc1cccc([C@H]2c3c(-c4ccccc4O)n[nH]c3C(=O)N2CCc2ccccc2)c1. The molecule has 1 aliphatic heterocycles. The Kier molecular flexibility index (Phi) is 6.04. The minimum Gasteiger partial charge on any atom is -0.507 e. The summed E-state index contributed by atoms with van der Waals surface area (Å²) in [4.78, 5) is 15.4. The van der Waals surface area contributed by atoms with E-state index in [9.17, 15) is 9.90 Å². The van der Waals surface area contributed by atoms with Gasteiger partial charge in [0.15, 0.2) is 0 Å². The molecule has 6 nitrogen and oxygen atoms in total. The van der Waals surface area contributed by atoms with Crippen LogP contribution < -0.4 is 4.74 Å². The lowest BCUT2D eigenvalue weighted by molar-refractivity contribution is 0.0745. The first-order chi connectivity index (χ1) is 16.7. The van der Waals surface area contributed by atoms with Crippen molar-refractivity contribution < 1.29 is 14.6 Å². The number of para-hydroxylation sites is 1. The van der Waals surface area contributed by atoms with Crippen LogP contribution >= 0.6 is 0 Å². The molecule has 0 unspecified atom stereocenters. The van der Waals surface area contributed by atoms with E-state index < -0.39 is 0 Å². The largest absolute Gasteiger partial charge is 0.507 e. The molecule has 4 aromatic rings. The summed E-state index contributed by atoms with van der Waals surface area (Å²) in [6, 6.07) is 24.8. The zero-order valence-electron chi connectivity index (χ0n) is 19.1. The molecule has 2 heterocycles. The number of fused-ring (bicyclic) bond motifs is 1. The predicted molar refractivity (Wildman–Crippen MR) is 131 cm³/mol. The first kappa shape index (κ1) is 21.8. The molecule has 0 radical (unpaired) electrons. The van der Waals surface area contributed by atoms with Crippen molar-refractivity contribution in [3.63, 3.8) is 0 Å². The number of amides is 1. The molecule has 0 aliphatic carbocycles. The van der Waals surface area contributed by atoms with Gasteiger partial charge in [-0.25, -0.2) is 0 Å². The highest BCUT2D eigenvalue weighted by Crippen LogP contribution is 2.44. The summed E-state index contributed by atoms with van der Waals surface area (Å²) in [7, 11) is 0. The molecule has 2 N–H and O–H groups in total. The number of carbonyl (C=O) groups is 1. The van der Waals surface area contributed by atoms with Gasteiger partial charge in [0, 0.05) is 17.7 Å². The lowest BCUT2D eigenvalue weighted by atomic mass is 9.95. The van der Waals surface area contributed by atoms with Crippen molar-refractivity contribution >= 4 is 5.91 Å². The van der Waals surface area contributed by atoms with E-state index in [4.69, 9.17) is 4.74 Å². The lowest BCUT2D eigenvalue weighted by Crippen LogP contribution is -2.31. The van der Waals surface area contributed by atoms with Crippen LogP contribution in [0, 0.1) is 0 Å². The molecule has 0 bridgehead atoms. The molecule has 1 amide bonds.